The van der Waals surface area contributed by atoms with E-state index in [2.05, 4.69) is 15.6 Å². The molecule has 0 bridgehead atoms. The van der Waals surface area contributed by atoms with Gasteiger partial charge in [-0.3, -0.25) is 9.00 Å². The smallest absolute Gasteiger partial charge is 0.252 e. The van der Waals surface area contributed by atoms with Crippen LogP contribution in [0.3, 0.4) is 0 Å². The first-order chi connectivity index (χ1) is 9.45. The lowest BCUT2D eigenvalue weighted by Crippen LogP contribution is -2.27. The van der Waals surface area contributed by atoms with Gasteiger partial charge in [0.25, 0.3) is 5.91 Å². The molecule has 7 heteroatoms. The maximum absolute atomic E-state index is 12.0. The Labute approximate surface area is 127 Å². The number of halogens is 1. The second-order valence-corrected chi connectivity index (χ2v) is 6.64. The van der Waals surface area contributed by atoms with Crippen molar-refractivity contribution in [2.45, 2.75) is 25.5 Å². The van der Waals surface area contributed by atoms with Crippen molar-refractivity contribution in [3.8, 4) is 0 Å². The Morgan fingerprint density at radius 3 is 2.85 bits per heavy atom. The van der Waals surface area contributed by atoms with E-state index in [1.165, 1.54) is 6.20 Å². The number of carbonyl (C=O) groups excluding carboxylic acids is 1. The molecule has 20 heavy (non-hydrogen) atoms. The van der Waals surface area contributed by atoms with Gasteiger partial charge in [0.2, 0.25) is 0 Å². The molecule has 0 fully saturated rings. The van der Waals surface area contributed by atoms with Crippen LogP contribution in [0, 0.1) is 0 Å². The van der Waals surface area contributed by atoms with Crippen LogP contribution in [0.1, 0.15) is 30.6 Å². The van der Waals surface area contributed by atoms with E-state index in [0.29, 0.717) is 29.4 Å². The predicted octanol–water partition coefficient (Wildman–Crippen LogP) is 2.05. The number of nitrogens with one attached hydrogen (secondary N) is 2. The first kappa shape index (κ1) is 16.9. The summed E-state index contributed by atoms with van der Waals surface area (Å²) in [6.07, 6.45) is 3.78. The molecule has 5 nitrogen and oxygen atoms in total. The van der Waals surface area contributed by atoms with Gasteiger partial charge in [-0.2, -0.15) is 0 Å². The number of anilines is 1. The molecule has 1 heterocycles. The van der Waals surface area contributed by atoms with Gasteiger partial charge in [-0.25, -0.2) is 4.98 Å². The summed E-state index contributed by atoms with van der Waals surface area (Å²) < 4.78 is 11.2. The fraction of sp³-hybridized carbons (Fsp3) is 0.538. The van der Waals surface area contributed by atoms with Crippen molar-refractivity contribution in [1.29, 1.82) is 0 Å². The van der Waals surface area contributed by atoms with Crippen molar-refractivity contribution in [2.24, 2.45) is 0 Å². The van der Waals surface area contributed by atoms with E-state index in [-0.39, 0.29) is 11.2 Å². The fourth-order valence-corrected chi connectivity index (χ4v) is 2.18. The monoisotopic (exact) mass is 317 g/mol. The van der Waals surface area contributed by atoms with Crippen molar-refractivity contribution >= 4 is 34.1 Å². The number of amides is 1. The highest BCUT2D eigenvalue weighted by atomic mass is 35.5. The van der Waals surface area contributed by atoms with Gasteiger partial charge in [0.1, 0.15) is 5.82 Å². The highest BCUT2D eigenvalue weighted by molar-refractivity contribution is 7.84. The van der Waals surface area contributed by atoms with Gasteiger partial charge in [-0.05, 0) is 19.4 Å². The van der Waals surface area contributed by atoms with Crippen LogP contribution < -0.4 is 10.6 Å². The lowest BCUT2D eigenvalue weighted by molar-refractivity contribution is 0.0953. The van der Waals surface area contributed by atoms with Crippen LogP contribution in [-0.2, 0) is 10.8 Å². The Kier molecular flexibility index (Phi) is 6.95. The quantitative estimate of drug-likeness (QED) is 0.807. The summed E-state index contributed by atoms with van der Waals surface area (Å²) in [6, 6.07) is 1.63. The number of pyridine rings is 1. The van der Waals surface area contributed by atoms with Crippen LogP contribution in [0.2, 0.25) is 5.02 Å². The van der Waals surface area contributed by atoms with Gasteiger partial charge in [-0.15, -0.1) is 0 Å². The first-order valence-corrected chi connectivity index (χ1v) is 8.45. The molecular formula is C13H20ClN3O2S. The Balaban J connectivity index is 2.62. The second kappa shape index (κ2) is 8.21. The fourth-order valence-electron chi connectivity index (χ4n) is 1.54. The normalized spacial score (nSPS) is 13.6. The van der Waals surface area contributed by atoms with Crippen LogP contribution in [0.5, 0.6) is 0 Å². The zero-order valence-corrected chi connectivity index (χ0v) is 13.5. The molecule has 0 radical (unpaired) electrons. The summed E-state index contributed by atoms with van der Waals surface area (Å²) in [6.45, 7) is 5.03. The minimum atomic E-state index is -0.878. The van der Waals surface area contributed by atoms with Crippen LogP contribution in [0.25, 0.3) is 0 Å². The maximum atomic E-state index is 12.0. The number of nitrogens with zero attached hydrogens (tertiary/aromatic N) is 1. The summed E-state index contributed by atoms with van der Waals surface area (Å²) >= 11 is 5.98. The van der Waals surface area contributed by atoms with E-state index >= 15 is 0 Å². The average molecular weight is 318 g/mol. The molecule has 0 aliphatic carbocycles. The molecule has 1 amide bonds. The minimum Gasteiger partial charge on any atom is -0.370 e. The van der Waals surface area contributed by atoms with Gasteiger partial charge in [0.05, 0.1) is 10.6 Å². The van der Waals surface area contributed by atoms with E-state index in [9.17, 15) is 9.00 Å². The third kappa shape index (κ3) is 5.09. The number of rotatable bonds is 7. The van der Waals surface area contributed by atoms with Crippen molar-refractivity contribution in [2.75, 3.05) is 24.7 Å². The zero-order chi connectivity index (χ0) is 15.1. The topological polar surface area (TPSA) is 71.1 Å². The predicted molar refractivity (Wildman–Crippen MR) is 83.9 cm³/mol. The summed E-state index contributed by atoms with van der Waals surface area (Å²) in [5, 5.41) is 6.18. The summed E-state index contributed by atoms with van der Waals surface area (Å²) in [4.78, 5) is 16.1. The molecule has 112 valence electrons. The van der Waals surface area contributed by atoms with E-state index in [0.717, 1.165) is 6.54 Å². The van der Waals surface area contributed by atoms with Crippen molar-refractivity contribution < 1.29 is 9.00 Å². The second-order valence-electron chi connectivity index (χ2n) is 4.43. The van der Waals surface area contributed by atoms with E-state index in [1.54, 1.807) is 12.3 Å². The van der Waals surface area contributed by atoms with Crippen LogP contribution in [-0.4, -0.2) is 39.7 Å². The van der Waals surface area contributed by atoms with Gasteiger partial charge in [0.15, 0.2) is 0 Å². The Bertz CT molecular complexity index is 497. The summed E-state index contributed by atoms with van der Waals surface area (Å²) in [5.41, 5.74) is 0.392. The van der Waals surface area contributed by atoms with Crippen LogP contribution in [0.15, 0.2) is 12.3 Å². The van der Waals surface area contributed by atoms with Crippen molar-refractivity contribution in [1.82, 2.24) is 10.3 Å². The highest BCUT2D eigenvalue weighted by Crippen LogP contribution is 2.17. The number of hydrogen-bond donors (Lipinski definition) is 2. The first-order valence-electron chi connectivity index (χ1n) is 6.45. The maximum Gasteiger partial charge on any atom is 0.252 e. The molecule has 0 aliphatic heterocycles. The molecule has 0 saturated heterocycles. The Morgan fingerprint density at radius 2 is 2.25 bits per heavy atom. The Morgan fingerprint density at radius 1 is 1.55 bits per heavy atom. The highest BCUT2D eigenvalue weighted by Gasteiger charge is 2.13. The molecule has 0 aromatic carbocycles. The van der Waals surface area contributed by atoms with Gasteiger partial charge in [-0.1, -0.05) is 18.5 Å². The van der Waals surface area contributed by atoms with Gasteiger partial charge >= 0.3 is 0 Å². The largest absolute Gasteiger partial charge is 0.370 e. The minimum absolute atomic E-state index is 0.0560. The van der Waals surface area contributed by atoms with Gasteiger partial charge in [0, 0.05) is 41.6 Å². The molecule has 1 aromatic rings. The molecular weight excluding hydrogens is 298 g/mol. The van der Waals surface area contributed by atoms with Gasteiger partial charge < -0.3 is 10.6 Å². The lowest BCUT2D eigenvalue weighted by atomic mass is 10.2. The molecule has 2 unspecified atom stereocenters. The third-order valence-electron chi connectivity index (χ3n) is 2.86. The molecule has 2 atom stereocenters. The molecule has 1 aromatic heterocycles. The number of carbonyl (C=O) groups is 1. The molecule has 1 rings (SSSR count). The summed E-state index contributed by atoms with van der Waals surface area (Å²) in [7, 11) is -0.878. The SMILES string of the molecule is CCNc1cc(C(=O)NCCC(C)S(C)=O)c(Cl)cn1. The number of hydrogen-bond acceptors (Lipinski definition) is 4. The lowest BCUT2D eigenvalue weighted by Gasteiger charge is -2.11. The number of aromatic nitrogens is 1. The van der Waals surface area contributed by atoms with Crippen LogP contribution in [0.4, 0.5) is 5.82 Å². The van der Waals surface area contributed by atoms with Crippen molar-refractivity contribution in [3.63, 3.8) is 0 Å². The van der Waals surface area contributed by atoms with E-state index < -0.39 is 10.8 Å². The van der Waals surface area contributed by atoms with Crippen LogP contribution >= 0.6 is 11.6 Å². The molecule has 2 N–H and O–H groups in total. The van der Waals surface area contributed by atoms with Crippen molar-refractivity contribution in [3.05, 3.63) is 22.8 Å². The van der Waals surface area contributed by atoms with E-state index in [4.69, 9.17) is 11.6 Å². The van der Waals surface area contributed by atoms with E-state index in [1.807, 2.05) is 13.8 Å². The Hall–Kier alpha value is -1.14. The summed E-state index contributed by atoms with van der Waals surface area (Å²) in [5.74, 6) is 0.371. The third-order valence-corrected chi connectivity index (χ3v) is 4.53. The standard InChI is InChI=1S/C13H20ClN3O2S/c1-4-15-12-7-10(11(14)8-17-12)13(18)16-6-5-9(2)20(3)19/h7-9H,4-6H2,1-3H3,(H,15,17)(H,16,18). The molecule has 0 spiro atoms. The zero-order valence-electron chi connectivity index (χ0n) is 11.9. The molecule has 0 aliphatic rings. The molecule has 0 saturated carbocycles. The average Bonchev–Trinajstić information content (AvgIpc) is 2.40.